The van der Waals surface area contributed by atoms with E-state index in [4.69, 9.17) is 5.11 Å². The maximum Gasteiger partial charge on any atom is 0.253 e. The van der Waals surface area contributed by atoms with Crippen molar-refractivity contribution in [2.24, 2.45) is 0 Å². The second-order valence-electron chi connectivity index (χ2n) is 3.58. The Balaban J connectivity index is 2.02. The van der Waals surface area contributed by atoms with Gasteiger partial charge in [0.15, 0.2) is 0 Å². The lowest BCUT2D eigenvalue weighted by Gasteiger charge is -2.03. The summed E-state index contributed by atoms with van der Waals surface area (Å²) in [6.45, 7) is 0.162. The fourth-order valence-corrected chi connectivity index (χ4v) is 1.93. The van der Waals surface area contributed by atoms with Crippen molar-refractivity contribution in [2.45, 2.75) is 6.54 Å². The van der Waals surface area contributed by atoms with E-state index in [2.05, 4.69) is 27.1 Å². The van der Waals surface area contributed by atoms with Crippen LogP contribution in [0.3, 0.4) is 0 Å². The van der Waals surface area contributed by atoms with Crippen LogP contribution in [-0.4, -0.2) is 27.6 Å². The molecule has 2 aromatic heterocycles. The van der Waals surface area contributed by atoms with Gasteiger partial charge in [0.2, 0.25) is 0 Å². The molecule has 0 aliphatic heterocycles. The number of nitrogens with one attached hydrogen (secondary N) is 1. The number of nitrogens with zero attached hydrogens (tertiary/aromatic N) is 2. The van der Waals surface area contributed by atoms with E-state index >= 15 is 0 Å². The highest BCUT2D eigenvalue weighted by Gasteiger charge is 2.06. The predicted octanol–water partition coefficient (Wildman–Crippen LogP) is 0.812. The molecule has 0 saturated heterocycles. The second-order valence-corrected chi connectivity index (χ2v) is 4.30. The zero-order valence-electron chi connectivity index (χ0n) is 9.96. The highest BCUT2D eigenvalue weighted by Crippen LogP contribution is 2.03. The van der Waals surface area contributed by atoms with E-state index in [-0.39, 0.29) is 12.5 Å². The van der Waals surface area contributed by atoms with Gasteiger partial charge in [0.25, 0.3) is 5.91 Å². The van der Waals surface area contributed by atoms with E-state index < -0.39 is 0 Å². The number of hydrogen-bond donors (Lipinski definition) is 2. The Bertz CT molecular complexity index is 614. The Kier molecular flexibility index (Phi) is 4.61. The van der Waals surface area contributed by atoms with Gasteiger partial charge >= 0.3 is 0 Å². The average Bonchev–Trinajstić information content (AvgIpc) is 2.96. The van der Waals surface area contributed by atoms with E-state index in [1.54, 1.807) is 17.8 Å². The molecule has 2 N–H and O–H groups in total. The molecule has 0 saturated carbocycles. The molecule has 6 heteroatoms. The van der Waals surface area contributed by atoms with Crippen molar-refractivity contribution >= 4 is 17.2 Å². The minimum atomic E-state index is -0.229. The third kappa shape index (κ3) is 3.88. The summed E-state index contributed by atoms with van der Waals surface area (Å²) in [4.78, 5) is 19.9. The van der Waals surface area contributed by atoms with Crippen LogP contribution in [0.2, 0.25) is 0 Å². The van der Waals surface area contributed by atoms with Gasteiger partial charge in [0.05, 0.1) is 23.3 Å². The summed E-state index contributed by atoms with van der Waals surface area (Å²) in [6, 6.07) is 1.63. The number of aliphatic hydroxyl groups excluding tert-OH is 1. The molecular weight excluding hydrogens is 262 g/mol. The largest absolute Gasteiger partial charge is 0.384 e. The van der Waals surface area contributed by atoms with E-state index in [9.17, 15) is 4.79 Å². The zero-order chi connectivity index (χ0) is 13.5. The highest BCUT2D eigenvalue weighted by molar-refractivity contribution is 7.07. The number of aromatic nitrogens is 2. The average molecular weight is 273 g/mol. The SMILES string of the molecule is O=C(NCc1cscn1)c1cncc(C#CCO)c1. The molecule has 0 unspecified atom stereocenters. The van der Waals surface area contributed by atoms with Gasteiger partial charge in [-0.15, -0.1) is 11.3 Å². The molecule has 1 amide bonds. The summed E-state index contributed by atoms with van der Waals surface area (Å²) in [5, 5.41) is 13.2. The molecular formula is C13H11N3O2S. The molecule has 0 bridgehead atoms. The fraction of sp³-hybridized carbons (Fsp3) is 0.154. The van der Waals surface area contributed by atoms with Gasteiger partial charge in [-0.3, -0.25) is 9.78 Å². The summed E-state index contributed by atoms with van der Waals surface area (Å²) in [7, 11) is 0. The summed E-state index contributed by atoms with van der Waals surface area (Å²) in [5.74, 6) is 4.99. The van der Waals surface area contributed by atoms with Crippen molar-refractivity contribution in [3.05, 3.63) is 46.2 Å². The Hall–Kier alpha value is -2.23. The lowest BCUT2D eigenvalue weighted by molar-refractivity contribution is 0.0950. The van der Waals surface area contributed by atoms with Crippen LogP contribution < -0.4 is 5.32 Å². The first kappa shape index (κ1) is 13.2. The number of carbonyl (C=O) groups is 1. The second kappa shape index (κ2) is 6.64. The van der Waals surface area contributed by atoms with Gasteiger partial charge in [0.1, 0.15) is 6.61 Å². The number of pyridine rings is 1. The van der Waals surface area contributed by atoms with Gasteiger partial charge in [-0.2, -0.15) is 0 Å². The number of aliphatic hydroxyl groups is 1. The van der Waals surface area contributed by atoms with E-state index in [0.29, 0.717) is 17.7 Å². The first-order valence-electron chi connectivity index (χ1n) is 5.49. The lowest BCUT2D eigenvalue weighted by atomic mass is 10.2. The molecule has 0 radical (unpaired) electrons. The standard InChI is InChI=1S/C13H11N3O2S/c17-3-1-2-10-4-11(6-14-5-10)13(18)15-7-12-8-19-9-16-12/h4-6,8-9,17H,3,7H2,(H,15,18). The molecule has 0 spiro atoms. The number of thiazole rings is 1. The van der Waals surface area contributed by atoms with Crippen LogP contribution in [-0.2, 0) is 6.54 Å². The smallest absolute Gasteiger partial charge is 0.253 e. The highest BCUT2D eigenvalue weighted by atomic mass is 32.1. The van der Waals surface area contributed by atoms with Crippen molar-refractivity contribution < 1.29 is 9.90 Å². The van der Waals surface area contributed by atoms with Gasteiger partial charge in [-0.25, -0.2) is 4.98 Å². The normalized spacial score (nSPS) is 9.53. The molecule has 0 atom stereocenters. The molecule has 19 heavy (non-hydrogen) atoms. The molecule has 0 aliphatic rings. The topological polar surface area (TPSA) is 75.1 Å². The number of amides is 1. The molecule has 2 heterocycles. The van der Waals surface area contributed by atoms with Crippen molar-refractivity contribution in [2.75, 3.05) is 6.61 Å². The monoisotopic (exact) mass is 273 g/mol. The molecule has 5 nitrogen and oxygen atoms in total. The Labute approximate surface area is 114 Å². The summed E-state index contributed by atoms with van der Waals surface area (Å²) >= 11 is 1.48. The molecule has 2 aromatic rings. The quantitative estimate of drug-likeness (QED) is 0.812. The molecule has 96 valence electrons. The van der Waals surface area contributed by atoms with Crippen LogP contribution in [0.4, 0.5) is 0 Å². The van der Waals surface area contributed by atoms with Crippen LogP contribution in [0.5, 0.6) is 0 Å². The predicted molar refractivity (Wildman–Crippen MR) is 71.5 cm³/mol. The summed E-state index contributed by atoms with van der Waals surface area (Å²) in [5.41, 5.74) is 3.56. The molecule has 0 aromatic carbocycles. The van der Waals surface area contributed by atoms with Gasteiger partial charge < -0.3 is 10.4 Å². The lowest BCUT2D eigenvalue weighted by Crippen LogP contribution is -2.23. The first-order chi connectivity index (χ1) is 9.29. The Morgan fingerprint density at radius 1 is 1.47 bits per heavy atom. The minimum Gasteiger partial charge on any atom is -0.384 e. The maximum absolute atomic E-state index is 11.9. The van der Waals surface area contributed by atoms with Crippen molar-refractivity contribution in [3.63, 3.8) is 0 Å². The Morgan fingerprint density at radius 2 is 2.37 bits per heavy atom. The van der Waals surface area contributed by atoms with E-state index in [1.165, 1.54) is 17.5 Å². The summed E-state index contributed by atoms with van der Waals surface area (Å²) in [6.07, 6.45) is 3.01. The maximum atomic E-state index is 11.9. The van der Waals surface area contributed by atoms with Crippen LogP contribution in [0.15, 0.2) is 29.4 Å². The summed E-state index contributed by atoms with van der Waals surface area (Å²) < 4.78 is 0. The van der Waals surface area contributed by atoms with Gasteiger partial charge in [-0.05, 0) is 6.07 Å². The first-order valence-corrected chi connectivity index (χ1v) is 6.44. The third-order valence-electron chi connectivity index (χ3n) is 2.23. The van der Waals surface area contributed by atoms with Crippen LogP contribution >= 0.6 is 11.3 Å². The molecule has 0 fully saturated rings. The van der Waals surface area contributed by atoms with Gasteiger partial charge in [-0.1, -0.05) is 11.8 Å². The molecule has 2 rings (SSSR count). The van der Waals surface area contributed by atoms with Gasteiger partial charge in [0, 0.05) is 23.3 Å². The number of hydrogen-bond acceptors (Lipinski definition) is 5. The molecule has 0 aliphatic carbocycles. The van der Waals surface area contributed by atoms with Crippen LogP contribution in [0.25, 0.3) is 0 Å². The van der Waals surface area contributed by atoms with E-state index in [1.807, 2.05) is 5.38 Å². The Morgan fingerprint density at radius 3 is 3.11 bits per heavy atom. The fourth-order valence-electron chi connectivity index (χ4n) is 1.37. The zero-order valence-corrected chi connectivity index (χ0v) is 10.8. The van der Waals surface area contributed by atoms with Crippen LogP contribution in [0.1, 0.15) is 21.6 Å². The third-order valence-corrected chi connectivity index (χ3v) is 2.86. The van der Waals surface area contributed by atoms with Crippen molar-refractivity contribution in [1.29, 1.82) is 0 Å². The number of rotatable bonds is 3. The number of carbonyl (C=O) groups excluding carboxylic acids is 1. The van der Waals surface area contributed by atoms with Crippen molar-refractivity contribution in [3.8, 4) is 11.8 Å². The van der Waals surface area contributed by atoms with Crippen molar-refractivity contribution in [1.82, 2.24) is 15.3 Å². The minimum absolute atomic E-state index is 0.222. The van der Waals surface area contributed by atoms with Crippen LogP contribution in [0, 0.1) is 11.8 Å². The van der Waals surface area contributed by atoms with E-state index in [0.717, 1.165) is 5.69 Å².